The number of rotatable bonds is 12. The van der Waals surface area contributed by atoms with Crippen LogP contribution in [0.2, 0.25) is 0 Å². The van der Waals surface area contributed by atoms with Crippen molar-refractivity contribution in [2.75, 3.05) is 26.2 Å². The summed E-state index contributed by atoms with van der Waals surface area (Å²) in [5, 5.41) is 26.0. The van der Waals surface area contributed by atoms with Crippen LogP contribution < -0.4 is 16.0 Å². The van der Waals surface area contributed by atoms with Crippen LogP contribution in [0.3, 0.4) is 0 Å². The topological polar surface area (TPSA) is 192 Å². The molecule has 0 radical (unpaired) electrons. The maximum absolute atomic E-state index is 14.0. The Balaban J connectivity index is 0.726. The Kier molecular flexibility index (Phi) is 11.3. The average Bonchev–Trinajstić information content (AvgIpc) is 4.14. The predicted octanol–water partition coefficient (Wildman–Crippen LogP) is 4.76. The molecule has 2 fully saturated rings. The van der Waals surface area contributed by atoms with Gasteiger partial charge < -0.3 is 30.5 Å². The second-order valence-corrected chi connectivity index (χ2v) is 16.6. The van der Waals surface area contributed by atoms with Crippen LogP contribution in [-0.2, 0) is 38.8 Å². The first-order valence-corrected chi connectivity index (χ1v) is 21.1. The first-order chi connectivity index (χ1) is 30.9. The highest BCUT2D eigenvalue weighted by atomic mass is 19.3. The van der Waals surface area contributed by atoms with Crippen molar-refractivity contribution in [1.82, 2.24) is 40.7 Å². The van der Waals surface area contributed by atoms with Gasteiger partial charge in [0.2, 0.25) is 17.7 Å². The van der Waals surface area contributed by atoms with Crippen LogP contribution in [0, 0.1) is 17.2 Å². The molecule has 17 heteroatoms. The molecule has 0 bridgehead atoms. The molecule has 326 valence electrons. The van der Waals surface area contributed by atoms with Crippen molar-refractivity contribution in [2.24, 2.45) is 5.92 Å². The van der Waals surface area contributed by atoms with E-state index in [-0.39, 0.29) is 50.3 Å². The van der Waals surface area contributed by atoms with E-state index in [1.165, 1.54) is 0 Å². The molecule has 1 aromatic heterocycles. The van der Waals surface area contributed by atoms with E-state index in [0.29, 0.717) is 30.9 Å². The van der Waals surface area contributed by atoms with E-state index in [9.17, 15) is 38.0 Å². The van der Waals surface area contributed by atoms with Crippen LogP contribution in [0.4, 0.5) is 13.6 Å². The highest BCUT2D eigenvalue weighted by molar-refractivity contribution is 5.95. The van der Waals surface area contributed by atoms with Gasteiger partial charge in [0.1, 0.15) is 24.4 Å². The number of likely N-dealkylation sites (tertiary alicyclic amines) is 1. The summed E-state index contributed by atoms with van der Waals surface area (Å²) in [6, 6.07) is 28.3. The molecule has 3 N–H and O–H groups in total. The molecule has 1 aliphatic carbocycles. The van der Waals surface area contributed by atoms with Gasteiger partial charge in [0, 0.05) is 62.0 Å². The number of carbonyl (C=O) groups excluding carboxylic acids is 5. The Hall–Kier alpha value is -7.48. The quantitative estimate of drug-likeness (QED) is 0.149. The van der Waals surface area contributed by atoms with Crippen molar-refractivity contribution in [1.29, 1.82) is 5.26 Å². The fraction of sp³-hybridized carbons (Fsp3) is 0.319. The highest BCUT2D eigenvalue weighted by Gasteiger charge is 2.50. The van der Waals surface area contributed by atoms with Gasteiger partial charge >= 0.3 is 6.09 Å². The van der Waals surface area contributed by atoms with Crippen molar-refractivity contribution < 1.29 is 37.5 Å². The molecule has 2 saturated heterocycles. The number of nitrogens with one attached hydrogen (secondary N) is 3. The number of halogens is 2. The molecular weight excluding hydrogens is 825 g/mol. The van der Waals surface area contributed by atoms with Gasteiger partial charge in [0.25, 0.3) is 11.8 Å². The van der Waals surface area contributed by atoms with E-state index in [1.807, 2.05) is 42.5 Å². The predicted molar refractivity (Wildman–Crippen MR) is 226 cm³/mol. The third kappa shape index (κ3) is 8.50. The number of nitrogens with zero attached hydrogens (tertiary/aromatic N) is 6. The van der Waals surface area contributed by atoms with E-state index >= 15 is 0 Å². The maximum Gasteiger partial charge on any atom is 0.407 e. The summed E-state index contributed by atoms with van der Waals surface area (Å²) < 4.78 is 35.2. The van der Waals surface area contributed by atoms with Gasteiger partial charge in [-0.15, -0.1) is 5.10 Å². The normalized spacial score (nSPS) is 19.3. The van der Waals surface area contributed by atoms with Crippen molar-refractivity contribution in [3.05, 3.63) is 131 Å². The molecule has 0 unspecified atom stereocenters. The molecule has 15 nitrogen and oxygen atoms in total. The number of amides is 5. The Labute approximate surface area is 366 Å². The second-order valence-electron chi connectivity index (χ2n) is 16.6. The third-order valence-electron chi connectivity index (χ3n) is 12.4. The first-order valence-electron chi connectivity index (χ1n) is 21.1. The summed E-state index contributed by atoms with van der Waals surface area (Å²) in [5.41, 5.74) is 9.16. The Bertz CT molecular complexity index is 2650. The summed E-state index contributed by atoms with van der Waals surface area (Å²) in [6.07, 6.45) is 0.313. The lowest BCUT2D eigenvalue weighted by Crippen LogP contribution is -2.46. The Morgan fingerprint density at radius 3 is 2.36 bits per heavy atom. The van der Waals surface area contributed by atoms with Crippen molar-refractivity contribution >= 4 is 29.7 Å². The molecule has 3 aliphatic heterocycles. The molecule has 4 heterocycles. The maximum atomic E-state index is 14.0. The zero-order chi connectivity index (χ0) is 44.5. The largest absolute Gasteiger partial charge is 0.449 e. The minimum absolute atomic E-state index is 0.0224. The number of hydrogen-bond donors (Lipinski definition) is 3. The summed E-state index contributed by atoms with van der Waals surface area (Å²) in [5.74, 6) is -5.85. The number of ether oxygens (including phenoxy) is 1. The molecule has 5 amide bonds. The Morgan fingerprint density at radius 2 is 1.62 bits per heavy atom. The summed E-state index contributed by atoms with van der Waals surface area (Å²) in [6.45, 7) is 0.723. The number of carbonyl (C=O) groups is 5. The van der Waals surface area contributed by atoms with Crippen LogP contribution in [-0.4, -0.2) is 98.8 Å². The smallest absolute Gasteiger partial charge is 0.407 e. The number of hydrogen-bond acceptors (Lipinski definition) is 9. The number of nitriles is 1. The molecule has 4 aliphatic rings. The van der Waals surface area contributed by atoms with Gasteiger partial charge in [-0.25, -0.2) is 18.3 Å². The lowest BCUT2D eigenvalue weighted by atomic mass is 9.98. The standard InChI is InChI=1S/C47H43F2N9O6/c48-47(49)20-33(21-50)58(27-47)45(62)40-18-32(44(61)53-40)19-42(59)56-22-30-6-5-7-31(38(30)24-56)23-57-25-41(54-55-57)28-12-14-29(15-13-28)43(60)51-16-17-52-46(63)64-26-39-36-10-3-1-8-34(36)35-9-2-4-11-37(35)39/h1-15,25,32-33,39-40H,16-20,22-24,26-27H2,(H,51,60)(H,52,63)(H,53,61)/t32-,33-,40-/m0/s1. The summed E-state index contributed by atoms with van der Waals surface area (Å²) in [7, 11) is 0. The fourth-order valence-electron chi connectivity index (χ4n) is 9.17. The SMILES string of the molecule is N#C[C@@H]1CC(F)(F)CN1C(=O)[C@@H]1C[C@@H](CC(=O)N2Cc3cccc(Cn4cc(-c5ccc(C(=O)NCCNC(=O)OCC6c7ccccc7-c7ccccc76)cc5)nn4)c3C2)C(=O)N1. The number of aromatic nitrogens is 3. The van der Waals surface area contributed by atoms with Crippen LogP contribution >= 0.6 is 0 Å². The number of fused-ring (bicyclic) bond motifs is 4. The summed E-state index contributed by atoms with van der Waals surface area (Å²) in [4.78, 5) is 67.2. The molecular formula is C47H43F2N9O6. The van der Waals surface area contributed by atoms with Crippen LogP contribution in [0.5, 0.6) is 0 Å². The van der Waals surface area contributed by atoms with Gasteiger partial charge in [-0.3, -0.25) is 19.2 Å². The van der Waals surface area contributed by atoms with E-state index in [2.05, 4.69) is 50.5 Å². The molecule has 4 aromatic carbocycles. The van der Waals surface area contributed by atoms with Crippen molar-refractivity contribution in [3.8, 4) is 28.5 Å². The number of alkyl halides is 2. The van der Waals surface area contributed by atoms with Crippen LogP contribution in [0.15, 0.2) is 97.2 Å². The number of benzene rings is 4. The van der Waals surface area contributed by atoms with Gasteiger partial charge in [0.15, 0.2) is 0 Å². The lowest BCUT2D eigenvalue weighted by Gasteiger charge is -2.22. The third-order valence-corrected chi connectivity index (χ3v) is 12.4. The fourth-order valence-corrected chi connectivity index (χ4v) is 9.17. The van der Waals surface area contributed by atoms with E-state index in [0.717, 1.165) is 49.4 Å². The molecule has 64 heavy (non-hydrogen) atoms. The Morgan fingerprint density at radius 1 is 0.906 bits per heavy atom. The zero-order valence-electron chi connectivity index (χ0n) is 34.5. The van der Waals surface area contributed by atoms with E-state index in [1.54, 1.807) is 46.1 Å². The minimum Gasteiger partial charge on any atom is -0.449 e. The first kappa shape index (κ1) is 41.9. The minimum atomic E-state index is -3.18. The van der Waals surface area contributed by atoms with Crippen molar-refractivity contribution in [2.45, 2.75) is 62.8 Å². The van der Waals surface area contributed by atoms with E-state index < -0.39 is 54.8 Å². The van der Waals surface area contributed by atoms with Gasteiger partial charge in [-0.2, -0.15) is 5.26 Å². The molecule has 3 atom stereocenters. The molecule has 5 aromatic rings. The van der Waals surface area contributed by atoms with Gasteiger partial charge in [-0.05, 0) is 57.5 Å². The zero-order valence-corrected chi connectivity index (χ0v) is 34.5. The van der Waals surface area contributed by atoms with E-state index in [4.69, 9.17) is 4.74 Å². The van der Waals surface area contributed by atoms with Crippen LogP contribution in [0.25, 0.3) is 22.4 Å². The van der Waals surface area contributed by atoms with Gasteiger partial charge in [-0.1, -0.05) is 84.1 Å². The molecule has 0 spiro atoms. The molecule has 9 rings (SSSR count). The monoisotopic (exact) mass is 867 g/mol. The summed E-state index contributed by atoms with van der Waals surface area (Å²) >= 11 is 0. The molecule has 0 saturated carbocycles. The number of alkyl carbamates (subject to hydrolysis) is 1. The van der Waals surface area contributed by atoms with Crippen molar-refractivity contribution in [3.63, 3.8) is 0 Å². The van der Waals surface area contributed by atoms with Gasteiger partial charge in [0.05, 0.1) is 25.4 Å². The van der Waals surface area contributed by atoms with Crippen LogP contribution in [0.1, 0.15) is 63.4 Å². The average molecular weight is 868 g/mol. The lowest BCUT2D eigenvalue weighted by molar-refractivity contribution is -0.135. The highest BCUT2D eigenvalue weighted by Crippen LogP contribution is 2.44. The second kappa shape index (κ2) is 17.4.